The van der Waals surface area contributed by atoms with Gasteiger partial charge in [-0.3, -0.25) is 0 Å². The summed E-state index contributed by atoms with van der Waals surface area (Å²) in [6, 6.07) is 17.0. The molecule has 2 aromatic carbocycles. The van der Waals surface area contributed by atoms with Gasteiger partial charge in [-0.05, 0) is 67.8 Å². The first-order chi connectivity index (χ1) is 15.5. The Hall–Kier alpha value is -3.41. The monoisotopic (exact) mass is 448 g/mol. The number of aromatic nitrogens is 2. The zero-order valence-corrected chi connectivity index (χ0v) is 18.8. The fourth-order valence-electron chi connectivity index (χ4n) is 4.29. The summed E-state index contributed by atoms with van der Waals surface area (Å²) < 4.78 is 47.3. The van der Waals surface area contributed by atoms with Crippen LogP contribution in [0.15, 0.2) is 59.0 Å². The molecular weight excluding hydrogens is 425 g/mol. The van der Waals surface area contributed by atoms with Gasteiger partial charge in [-0.15, -0.1) is 0 Å². The fourth-order valence-corrected chi connectivity index (χ4v) is 4.29. The van der Waals surface area contributed by atoms with E-state index < -0.39 is 11.6 Å². The first-order valence-electron chi connectivity index (χ1n) is 10.8. The third kappa shape index (κ3) is 3.63. The SMILES string of the molecule is Cc1cc(-c2cc(CC(C)(C)C(F)(F)F)c3ccccc3n2)c2oc3nc(C)ccc3c2c1. The molecule has 0 aliphatic heterocycles. The highest BCUT2D eigenvalue weighted by Crippen LogP contribution is 2.42. The number of pyridine rings is 2. The predicted molar refractivity (Wildman–Crippen MR) is 125 cm³/mol. The van der Waals surface area contributed by atoms with Crippen molar-refractivity contribution >= 4 is 33.0 Å². The summed E-state index contributed by atoms with van der Waals surface area (Å²) in [7, 11) is 0. The molecule has 0 saturated carbocycles. The van der Waals surface area contributed by atoms with Crippen LogP contribution in [0, 0.1) is 19.3 Å². The van der Waals surface area contributed by atoms with E-state index >= 15 is 0 Å². The molecule has 0 spiro atoms. The van der Waals surface area contributed by atoms with Gasteiger partial charge in [-0.2, -0.15) is 13.2 Å². The van der Waals surface area contributed by atoms with Crippen molar-refractivity contribution in [1.82, 2.24) is 9.97 Å². The molecule has 0 radical (unpaired) electrons. The molecule has 0 aliphatic carbocycles. The Kier molecular flexibility index (Phi) is 4.74. The number of hydrogen-bond donors (Lipinski definition) is 0. The van der Waals surface area contributed by atoms with Crippen LogP contribution in [0.1, 0.15) is 30.7 Å². The minimum atomic E-state index is -4.32. The summed E-state index contributed by atoms with van der Waals surface area (Å²) in [6.45, 7) is 6.36. The van der Waals surface area contributed by atoms with Crippen LogP contribution in [-0.4, -0.2) is 16.1 Å². The van der Waals surface area contributed by atoms with Gasteiger partial charge < -0.3 is 4.42 Å². The Morgan fingerprint density at radius 3 is 2.36 bits per heavy atom. The summed E-state index contributed by atoms with van der Waals surface area (Å²) in [5, 5.41) is 2.55. The normalized spacial score (nSPS) is 12.8. The third-order valence-electron chi connectivity index (χ3n) is 6.20. The van der Waals surface area contributed by atoms with Crippen molar-refractivity contribution in [3.63, 3.8) is 0 Å². The van der Waals surface area contributed by atoms with E-state index in [4.69, 9.17) is 9.40 Å². The minimum Gasteiger partial charge on any atom is -0.437 e. The summed E-state index contributed by atoms with van der Waals surface area (Å²) in [4.78, 5) is 9.32. The maximum absolute atomic E-state index is 13.7. The number of aryl methyl sites for hydroxylation is 2. The van der Waals surface area contributed by atoms with Crippen molar-refractivity contribution in [2.45, 2.75) is 40.3 Å². The van der Waals surface area contributed by atoms with Crippen LogP contribution in [0.2, 0.25) is 0 Å². The molecule has 3 nitrogen and oxygen atoms in total. The van der Waals surface area contributed by atoms with Crippen LogP contribution in [0.3, 0.4) is 0 Å². The van der Waals surface area contributed by atoms with E-state index in [0.717, 1.165) is 33.0 Å². The van der Waals surface area contributed by atoms with E-state index in [1.165, 1.54) is 13.8 Å². The minimum absolute atomic E-state index is 0.150. The zero-order chi connectivity index (χ0) is 23.5. The standard InChI is InChI=1S/C27H23F3N2O/c1-15-11-20-19-10-9-16(2)31-25(19)33-24(20)21(12-15)23-13-17(14-26(3,4)27(28,29)30)18-7-5-6-8-22(18)32-23/h5-13H,14H2,1-4H3. The van der Waals surface area contributed by atoms with Crippen LogP contribution < -0.4 is 0 Å². The number of benzene rings is 2. The molecule has 3 aromatic heterocycles. The molecule has 5 aromatic rings. The molecule has 0 bridgehead atoms. The van der Waals surface area contributed by atoms with Crippen molar-refractivity contribution in [3.8, 4) is 11.3 Å². The summed E-state index contributed by atoms with van der Waals surface area (Å²) in [5.41, 5.74) is 3.75. The van der Waals surface area contributed by atoms with E-state index in [1.807, 2.05) is 62.4 Å². The maximum atomic E-state index is 13.7. The van der Waals surface area contributed by atoms with E-state index in [2.05, 4.69) is 4.98 Å². The highest BCUT2D eigenvalue weighted by molar-refractivity contribution is 6.09. The fraction of sp³-hybridized carbons (Fsp3) is 0.259. The molecule has 6 heteroatoms. The highest BCUT2D eigenvalue weighted by Gasteiger charge is 2.47. The number of furan rings is 1. The zero-order valence-electron chi connectivity index (χ0n) is 18.8. The number of hydrogen-bond acceptors (Lipinski definition) is 3. The molecular formula is C27H23F3N2O. The molecule has 0 atom stereocenters. The Labute approximate surface area is 189 Å². The van der Waals surface area contributed by atoms with E-state index in [1.54, 1.807) is 6.07 Å². The smallest absolute Gasteiger partial charge is 0.394 e. The van der Waals surface area contributed by atoms with Gasteiger partial charge in [-0.1, -0.05) is 32.0 Å². The van der Waals surface area contributed by atoms with Crippen LogP contribution in [-0.2, 0) is 6.42 Å². The van der Waals surface area contributed by atoms with Gasteiger partial charge in [0, 0.05) is 27.4 Å². The maximum Gasteiger partial charge on any atom is 0.394 e. The Balaban J connectivity index is 1.78. The number of para-hydroxylation sites is 1. The second-order valence-electron chi connectivity index (χ2n) is 9.34. The van der Waals surface area contributed by atoms with Crippen LogP contribution >= 0.6 is 0 Å². The Morgan fingerprint density at radius 2 is 1.61 bits per heavy atom. The summed E-state index contributed by atoms with van der Waals surface area (Å²) >= 11 is 0. The van der Waals surface area contributed by atoms with Crippen LogP contribution in [0.5, 0.6) is 0 Å². The summed E-state index contributed by atoms with van der Waals surface area (Å²) in [6.07, 6.45) is -4.47. The highest BCUT2D eigenvalue weighted by atomic mass is 19.4. The van der Waals surface area contributed by atoms with Crippen molar-refractivity contribution in [3.05, 3.63) is 71.4 Å². The molecule has 0 saturated heterocycles. The number of rotatable bonds is 3. The first-order valence-corrected chi connectivity index (χ1v) is 10.8. The Morgan fingerprint density at radius 1 is 0.848 bits per heavy atom. The van der Waals surface area contributed by atoms with E-state index in [9.17, 15) is 13.2 Å². The topological polar surface area (TPSA) is 38.9 Å². The lowest BCUT2D eigenvalue weighted by atomic mass is 9.83. The van der Waals surface area contributed by atoms with Crippen molar-refractivity contribution in [2.75, 3.05) is 0 Å². The number of nitrogens with zero attached hydrogens (tertiary/aromatic N) is 2. The second kappa shape index (κ2) is 7.30. The molecule has 0 amide bonds. The average Bonchev–Trinajstić information content (AvgIpc) is 3.09. The molecule has 0 unspecified atom stereocenters. The summed E-state index contributed by atoms with van der Waals surface area (Å²) in [5.74, 6) is 0. The molecule has 5 rings (SSSR count). The molecule has 3 heterocycles. The van der Waals surface area contributed by atoms with Crippen molar-refractivity contribution in [2.24, 2.45) is 5.41 Å². The van der Waals surface area contributed by atoms with Gasteiger partial charge in [0.2, 0.25) is 5.71 Å². The van der Waals surface area contributed by atoms with E-state index in [-0.39, 0.29) is 6.42 Å². The van der Waals surface area contributed by atoms with Gasteiger partial charge in [0.25, 0.3) is 0 Å². The second-order valence-corrected chi connectivity index (χ2v) is 9.34. The molecule has 168 valence electrons. The van der Waals surface area contributed by atoms with Crippen LogP contribution in [0.4, 0.5) is 13.2 Å². The average molecular weight is 448 g/mol. The molecule has 0 N–H and O–H groups in total. The molecule has 0 aliphatic rings. The van der Waals surface area contributed by atoms with Gasteiger partial charge in [0.05, 0.1) is 16.6 Å². The largest absolute Gasteiger partial charge is 0.437 e. The van der Waals surface area contributed by atoms with Crippen LogP contribution in [0.25, 0.3) is 44.2 Å². The predicted octanol–water partition coefficient (Wildman–Crippen LogP) is 7.94. The number of halogens is 3. The van der Waals surface area contributed by atoms with Gasteiger partial charge in [-0.25, -0.2) is 9.97 Å². The molecule has 0 fully saturated rings. The van der Waals surface area contributed by atoms with Crippen molar-refractivity contribution < 1.29 is 17.6 Å². The number of fused-ring (bicyclic) bond motifs is 4. The quantitative estimate of drug-likeness (QED) is 0.281. The third-order valence-corrected chi connectivity index (χ3v) is 6.20. The Bertz CT molecular complexity index is 1530. The lowest BCUT2D eigenvalue weighted by Gasteiger charge is -2.28. The van der Waals surface area contributed by atoms with Gasteiger partial charge in [0.15, 0.2) is 0 Å². The van der Waals surface area contributed by atoms with Gasteiger partial charge >= 0.3 is 6.18 Å². The molecule has 33 heavy (non-hydrogen) atoms. The first kappa shape index (κ1) is 21.4. The lowest BCUT2D eigenvalue weighted by Crippen LogP contribution is -2.34. The van der Waals surface area contributed by atoms with Gasteiger partial charge in [0.1, 0.15) is 5.58 Å². The number of alkyl halides is 3. The lowest BCUT2D eigenvalue weighted by molar-refractivity contribution is -0.210. The van der Waals surface area contributed by atoms with Crippen molar-refractivity contribution in [1.29, 1.82) is 0 Å². The van der Waals surface area contributed by atoms with E-state index in [0.29, 0.717) is 28.1 Å².